The van der Waals surface area contributed by atoms with Crippen LogP contribution in [0.1, 0.15) is 29.8 Å². The van der Waals surface area contributed by atoms with Crippen molar-refractivity contribution in [3.05, 3.63) is 42.4 Å². The molecule has 30 heavy (non-hydrogen) atoms. The second kappa shape index (κ2) is 8.91. The van der Waals surface area contributed by atoms with E-state index in [-0.39, 0.29) is 11.5 Å². The maximum Gasteiger partial charge on any atom is 0.266 e. The highest BCUT2D eigenvalue weighted by atomic mass is 16.5. The number of aromatic amines is 1. The van der Waals surface area contributed by atoms with Crippen LogP contribution in [0.15, 0.2) is 36.7 Å². The number of nitrogens with one attached hydrogen (secondary N) is 1. The van der Waals surface area contributed by atoms with Crippen LogP contribution in [0.4, 0.5) is 5.82 Å². The smallest absolute Gasteiger partial charge is 0.266 e. The molecule has 1 saturated heterocycles. The molecular formula is C21H25N7O2. The molecular weight excluding hydrogens is 382 g/mol. The Balaban J connectivity index is 1.41. The van der Waals surface area contributed by atoms with Gasteiger partial charge in [0.15, 0.2) is 11.6 Å². The van der Waals surface area contributed by atoms with E-state index in [1.165, 1.54) is 32.1 Å². The molecule has 0 atom stereocenters. The number of hydrogen-bond donors (Lipinski definition) is 3. The Labute approximate surface area is 174 Å². The van der Waals surface area contributed by atoms with Crippen molar-refractivity contribution in [1.29, 1.82) is 0 Å². The lowest BCUT2D eigenvalue weighted by molar-refractivity contribution is 0.0996. The minimum absolute atomic E-state index is 0.183. The van der Waals surface area contributed by atoms with Crippen LogP contribution in [0.3, 0.4) is 0 Å². The summed E-state index contributed by atoms with van der Waals surface area (Å²) in [6, 6.07) is 7.69. The van der Waals surface area contributed by atoms with Crippen molar-refractivity contribution in [1.82, 2.24) is 24.8 Å². The van der Waals surface area contributed by atoms with Crippen molar-refractivity contribution in [3.63, 3.8) is 0 Å². The van der Waals surface area contributed by atoms with E-state index in [2.05, 4.69) is 24.8 Å². The maximum absolute atomic E-state index is 11.3. The number of nitrogen functional groups attached to an aromatic ring is 1. The highest BCUT2D eigenvalue weighted by Gasteiger charge is 2.14. The zero-order valence-corrected chi connectivity index (χ0v) is 16.7. The van der Waals surface area contributed by atoms with Gasteiger partial charge in [0.1, 0.15) is 17.1 Å². The Morgan fingerprint density at radius 3 is 2.60 bits per heavy atom. The van der Waals surface area contributed by atoms with Crippen LogP contribution in [0, 0.1) is 0 Å². The molecule has 1 aromatic carbocycles. The van der Waals surface area contributed by atoms with E-state index < -0.39 is 5.91 Å². The molecule has 156 valence electrons. The first-order chi connectivity index (χ1) is 14.6. The second-order valence-electron chi connectivity index (χ2n) is 7.27. The quantitative estimate of drug-likeness (QED) is 0.486. The lowest BCUT2D eigenvalue weighted by Crippen LogP contribution is -2.21. The monoisotopic (exact) mass is 407 g/mol. The van der Waals surface area contributed by atoms with Crippen molar-refractivity contribution in [2.24, 2.45) is 5.73 Å². The summed E-state index contributed by atoms with van der Waals surface area (Å²) in [6.07, 6.45) is 6.59. The van der Waals surface area contributed by atoms with Crippen LogP contribution in [0.5, 0.6) is 5.75 Å². The number of imidazole rings is 1. The summed E-state index contributed by atoms with van der Waals surface area (Å²) in [5.74, 6) is 0.768. The molecule has 0 saturated carbocycles. The summed E-state index contributed by atoms with van der Waals surface area (Å²) < 4.78 is 5.85. The molecule has 3 heterocycles. The lowest BCUT2D eigenvalue weighted by Gasteiger charge is -2.14. The molecule has 4 rings (SSSR count). The number of carbonyl (C=O) groups is 1. The van der Waals surface area contributed by atoms with Crippen molar-refractivity contribution >= 4 is 11.7 Å². The van der Waals surface area contributed by atoms with Crippen LogP contribution < -0.4 is 16.2 Å². The van der Waals surface area contributed by atoms with Crippen LogP contribution in [-0.4, -0.2) is 57.0 Å². The van der Waals surface area contributed by atoms with E-state index >= 15 is 0 Å². The Kier molecular flexibility index (Phi) is 5.89. The van der Waals surface area contributed by atoms with E-state index in [1.54, 1.807) is 6.20 Å². The molecule has 0 radical (unpaired) electrons. The predicted molar refractivity (Wildman–Crippen MR) is 114 cm³/mol. The van der Waals surface area contributed by atoms with E-state index in [4.69, 9.17) is 16.2 Å². The highest BCUT2D eigenvalue weighted by molar-refractivity contribution is 5.91. The molecule has 5 N–H and O–H groups in total. The number of nitrogens with two attached hydrogens (primary N) is 2. The number of H-pyrrole nitrogens is 1. The Hall–Kier alpha value is -3.46. The Bertz CT molecular complexity index is 1010. The van der Waals surface area contributed by atoms with Crippen molar-refractivity contribution < 1.29 is 9.53 Å². The average Bonchev–Trinajstić information content (AvgIpc) is 3.44. The van der Waals surface area contributed by atoms with Gasteiger partial charge in [-0.3, -0.25) is 4.79 Å². The lowest BCUT2D eigenvalue weighted by atomic mass is 10.1. The molecule has 9 heteroatoms. The number of likely N-dealkylation sites (tertiary alicyclic amines) is 1. The van der Waals surface area contributed by atoms with E-state index in [0.717, 1.165) is 24.3 Å². The Morgan fingerprint density at radius 1 is 1.13 bits per heavy atom. The number of anilines is 1. The third-order valence-electron chi connectivity index (χ3n) is 5.10. The van der Waals surface area contributed by atoms with Gasteiger partial charge in [0.2, 0.25) is 0 Å². The van der Waals surface area contributed by atoms with Gasteiger partial charge in [0.25, 0.3) is 5.91 Å². The normalized spacial score (nSPS) is 14.1. The van der Waals surface area contributed by atoms with Gasteiger partial charge >= 0.3 is 0 Å². The first-order valence-corrected chi connectivity index (χ1v) is 10.0. The molecule has 1 aliphatic rings. The minimum Gasteiger partial charge on any atom is -0.494 e. The predicted octanol–water partition coefficient (Wildman–Crippen LogP) is 2.08. The fourth-order valence-electron chi connectivity index (χ4n) is 3.48. The second-order valence-corrected chi connectivity index (χ2v) is 7.27. The largest absolute Gasteiger partial charge is 0.494 e. The molecule has 9 nitrogen and oxygen atoms in total. The van der Waals surface area contributed by atoms with Gasteiger partial charge in [-0.1, -0.05) is 0 Å². The molecule has 1 fully saturated rings. The van der Waals surface area contributed by atoms with Crippen molar-refractivity contribution in [3.8, 4) is 28.5 Å². The molecule has 3 aromatic rings. The topological polar surface area (TPSA) is 136 Å². The number of hydrogen-bond acceptors (Lipinski definition) is 7. The number of benzene rings is 1. The number of ether oxygens (including phenoxy) is 1. The third-order valence-corrected chi connectivity index (χ3v) is 5.10. The van der Waals surface area contributed by atoms with Crippen molar-refractivity contribution in [2.75, 3.05) is 32.0 Å². The van der Waals surface area contributed by atoms with Crippen LogP contribution in [0.2, 0.25) is 0 Å². The molecule has 0 unspecified atom stereocenters. The van der Waals surface area contributed by atoms with Crippen LogP contribution >= 0.6 is 0 Å². The molecule has 1 amide bonds. The fourth-order valence-corrected chi connectivity index (χ4v) is 3.48. The van der Waals surface area contributed by atoms with E-state index in [9.17, 15) is 4.79 Å². The van der Waals surface area contributed by atoms with Gasteiger partial charge in [-0.25, -0.2) is 15.0 Å². The standard InChI is InChI=1S/C21H25N7O2/c22-19-18(21-25-13-17(27-21)20(23)29)26-16(12-24-19)14-4-6-15(7-5-14)30-11-3-10-28-8-1-2-9-28/h4-7,12-13H,1-3,8-11H2,(H2,22,24)(H2,23,29)(H,25,27). The number of primary amides is 1. The summed E-state index contributed by atoms with van der Waals surface area (Å²) >= 11 is 0. The summed E-state index contributed by atoms with van der Waals surface area (Å²) in [4.78, 5) is 29.5. The van der Waals surface area contributed by atoms with Gasteiger partial charge in [0.05, 0.1) is 24.7 Å². The number of amides is 1. The van der Waals surface area contributed by atoms with E-state index in [1.807, 2.05) is 24.3 Å². The van der Waals surface area contributed by atoms with Gasteiger partial charge in [-0.15, -0.1) is 0 Å². The highest BCUT2D eigenvalue weighted by Crippen LogP contribution is 2.25. The first kappa shape index (κ1) is 19.8. The number of aromatic nitrogens is 4. The Morgan fingerprint density at radius 2 is 1.90 bits per heavy atom. The summed E-state index contributed by atoms with van der Waals surface area (Å²) in [6.45, 7) is 4.21. The zero-order chi connectivity index (χ0) is 20.9. The van der Waals surface area contributed by atoms with Gasteiger partial charge < -0.3 is 26.1 Å². The zero-order valence-electron chi connectivity index (χ0n) is 16.7. The van der Waals surface area contributed by atoms with Gasteiger partial charge in [-0.2, -0.15) is 0 Å². The molecule has 1 aliphatic heterocycles. The van der Waals surface area contributed by atoms with Crippen molar-refractivity contribution in [2.45, 2.75) is 19.3 Å². The molecule has 0 aliphatic carbocycles. The van der Waals surface area contributed by atoms with Crippen LogP contribution in [-0.2, 0) is 0 Å². The number of carbonyl (C=O) groups excluding carboxylic acids is 1. The molecule has 0 bridgehead atoms. The summed E-state index contributed by atoms with van der Waals surface area (Å²) in [7, 11) is 0. The summed E-state index contributed by atoms with van der Waals surface area (Å²) in [5, 5.41) is 0. The SMILES string of the molecule is NC(=O)c1cnc(-c2nc(-c3ccc(OCCCN4CCCC4)cc3)cnc2N)[nH]1. The third kappa shape index (κ3) is 4.57. The maximum atomic E-state index is 11.3. The number of rotatable bonds is 8. The minimum atomic E-state index is -0.604. The van der Waals surface area contributed by atoms with Crippen LogP contribution in [0.25, 0.3) is 22.8 Å². The first-order valence-electron chi connectivity index (χ1n) is 10.0. The summed E-state index contributed by atoms with van der Waals surface area (Å²) in [5.41, 5.74) is 13.3. The number of nitrogens with zero attached hydrogens (tertiary/aromatic N) is 4. The van der Waals surface area contributed by atoms with E-state index in [0.29, 0.717) is 23.8 Å². The van der Waals surface area contributed by atoms with Gasteiger partial charge in [-0.05, 0) is 56.6 Å². The van der Waals surface area contributed by atoms with Gasteiger partial charge in [0, 0.05) is 12.1 Å². The molecule has 0 spiro atoms. The average molecular weight is 407 g/mol. The molecule has 2 aromatic heterocycles. The fraction of sp³-hybridized carbons (Fsp3) is 0.333.